The van der Waals surface area contributed by atoms with Crippen molar-refractivity contribution in [2.24, 2.45) is 0 Å². The molecule has 7 nitrogen and oxygen atoms in total. The maximum absolute atomic E-state index is 13.9. The Hall–Kier alpha value is -4.11. The standard InChI is InChI=1S/C25H21FN4O3S/c1-2-33-22-9-4-3-7-18(22)25-28-17(15-34-25)14-23(31)29-21-13-16(26)10-11-19(21)30-24(32)20-8-5-6-12-27-20/h3-13,15H,2,14H2,1H3,(H,29,31)(H,30,32). The first-order valence-electron chi connectivity index (χ1n) is 10.5. The number of benzene rings is 2. The lowest BCUT2D eigenvalue weighted by Gasteiger charge is -2.12. The third-order valence-electron chi connectivity index (χ3n) is 4.71. The Balaban J connectivity index is 1.47. The number of para-hydroxylation sites is 1. The molecule has 0 aliphatic carbocycles. The largest absolute Gasteiger partial charge is 0.493 e. The molecule has 0 aliphatic rings. The molecule has 2 N–H and O–H groups in total. The number of hydrogen-bond donors (Lipinski definition) is 2. The lowest BCUT2D eigenvalue weighted by Crippen LogP contribution is -2.19. The second-order valence-corrected chi connectivity index (χ2v) is 8.02. The van der Waals surface area contributed by atoms with Crippen LogP contribution in [0.1, 0.15) is 23.1 Å². The van der Waals surface area contributed by atoms with Crippen LogP contribution >= 0.6 is 11.3 Å². The molecular weight excluding hydrogens is 455 g/mol. The van der Waals surface area contributed by atoms with E-state index in [-0.39, 0.29) is 23.5 Å². The minimum Gasteiger partial charge on any atom is -0.493 e. The Morgan fingerprint density at radius 3 is 2.65 bits per heavy atom. The summed E-state index contributed by atoms with van der Waals surface area (Å²) in [5, 5.41) is 7.86. The summed E-state index contributed by atoms with van der Waals surface area (Å²) in [6.07, 6.45) is 1.48. The molecule has 0 saturated carbocycles. The van der Waals surface area contributed by atoms with Crippen LogP contribution in [-0.4, -0.2) is 28.4 Å². The van der Waals surface area contributed by atoms with Gasteiger partial charge in [-0.3, -0.25) is 14.6 Å². The van der Waals surface area contributed by atoms with E-state index in [0.29, 0.717) is 12.3 Å². The van der Waals surface area contributed by atoms with E-state index in [4.69, 9.17) is 4.74 Å². The number of nitrogens with one attached hydrogen (secondary N) is 2. The molecule has 34 heavy (non-hydrogen) atoms. The fourth-order valence-corrected chi connectivity index (χ4v) is 4.06. The molecule has 2 aromatic carbocycles. The molecule has 0 bridgehead atoms. The summed E-state index contributed by atoms with van der Waals surface area (Å²) >= 11 is 1.41. The maximum Gasteiger partial charge on any atom is 0.274 e. The van der Waals surface area contributed by atoms with Crippen LogP contribution in [0.4, 0.5) is 15.8 Å². The number of amides is 2. The van der Waals surface area contributed by atoms with Crippen molar-refractivity contribution >= 4 is 34.5 Å². The van der Waals surface area contributed by atoms with Crippen LogP contribution < -0.4 is 15.4 Å². The number of rotatable bonds is 8. The predicted molar refractivity (Wildman–Crippen MR) is 130 cm³/mol. The van der Waals surface area contributed by atoms with Crippen molar-refractivity contribution in [1.29, 1.82) is 0 Å². The normalized spacial score (nSPS) is 10.5. The van der Waals surface area contributed by atoms with E-state index in [0.717, 1.165) is 22.4 Å². The highest BCUT2D eigenvalue weighted by Gasteiger charge is 2.16. The summed E-state index contributed by atoms with van der Waals surface area (Å²) in [4.78, 5) is 33.7. The van der Waals surface area contributed by atoms with E-state index in [1.54, 1.807) is 23.6 Å². The second-order valence-electron chi connectivity index (χ2n) is 7.16. The van der Waals surface area contributed by atoms with E-state index in [2.05, 4.69) is 20.6 Å². The minimum absolute atomic E-state index is 0.0164. The van der Waals surface area contributed by atoms with Crippen molar-refractivity contribution < 1.29 is 18.7 Å². The Kier molecular flexibility index (Phi) is 7.24. The Labute approximate surface area is 199 Å². The molecule has 9 heteroatoms. The van der Waals surface area contributed by atoms with Gasteiger partial charge in [-0.1, -0.05) is 18.2 Å². The van der Waals surface area contributed by atoms with Gasteiger partial charge in [-0.15, -0.1) is 11.3 Å². The number of anilines is 2. The van der Waals surface area contributed by atoms with Crippen molar-refractivity contribution in [3.05, 3.63) is 89.4 Å². The van der Waals surface area contributed by atoms with Crippen LogP contribution in [0.3, 0.4) is 0 Å². The summed E-state index contributed by atoms with van der Waals surface area (Å²) < 4.78 is 19.5. The van der Waals surface area contributed by atoms with Gasteiger partial charge in [-0.05, 0) is 49.4 Å². The average molecular weight is 477 g/mol. The topological polar surface area (TPSA) is 93.2 Å². The van der Waals surface area contributed by atoms with Gasteiger partial charge in [-0.25, -0.2) is 9.37 Å². The van der Waals surface area contributed by atoms with E-state index >= 15 is 0 Å². The van der Waals surface area contributed by atoms with Crippen LogP contribution in [0.15, 0.2) is 72.2 Å². The summed E-state index contributed by atoms with van der Waals surface area (Å²) in [5.74, 6) is -0.688. The van der Waals surface area contributed by atoms with Crippen LogP contribution in [0.2, 0.25) is 0 Å². The Bertz CT molecular complexity index is 1310. The van der Waals surface area contributed by atoms with Crippen molar-refractivity contribution in [2.45, 2.75) is 13.3 Å². The van der Waals surface area contributed by atoms with Crippen molar-refractivity contribution in [1.82, 2.24) is 9.97 Å². The molecular formula is C25H21FN4O3S. The summed E-state index contributed by atoms with van der Waals surface area (Å²) in [7, 11) is 0. The van der Waals surface area contributed by atoms with Gasteiger partial charge in [0.2, 0.25) is 5.91 Å². The van der Waals surface area contributed by atoms with Gasteiger partial charge >= 0.3 is 0 Å². The molecule has 0 unspecified atom stereocenters. The molecule has 4 aromatic rings. The van der Waals surface area contributed by atoms with Gasteiger partial charge in [0.15, 0.2) is 0 Å². The van der Waals surface area contributed by atoms with Gasteiger partial charge in [-0.2, -0.15) is 0 Å². The summed E-state index contributed by atoms with van der Waals surface area (Å²) in [5.41, 5.74) is 2.03. The number of carbonyl (C=O) groups is 2. The smallest absolute Gasteiger partial charge is 0.274 e. The molecule has 2 amide bonds. The molecule has 2 heterocycles. The average Bonchev–Trinajstić information content (AvgIpc) is 3.30. The number of hydrogen-bond acceptors (Lipinski definition) is 6. The van der Waals surface area contributed by atoms with E-state index in [1.807, 2.05) is 31.2 Å². The first-order chi connectivity index (χ1) is 16.5. The zero-order chi connectivity index (χ0) is 23.9. The van der Waals surface area contributed by atoms with Gasteiger partial charge in [0.1, 0.15) is 22.3 Å². The second kappa shape index (κ2) is 10.7. The van der Waals surface area contributed by atoms with Gasteiger partial charge < -0.3 is 15.4 Å². The zero-order valence-corrected chi connectivity index (χ0v) is 19.1. The SMILES string of the molecule is CCOc1ccccc1-c1nc(CC(=O)Nc2cc(F)ccc2NC(=O)c2ccccn2)cs1. The van der Waals surface area contributed by atoms with E-state index < -0.39 is 17.6 Å². The lowest BCUT2D eigenvalue weighted by molar-refractivity contribution is -0.115. The van der Waals surface area contributed by atoms with E-state index in [1.165, 1.54) is 29.7 Å². The first-order valence-corrected chi connectivity index (χ1v) is 11.4. The third-order valence-corrected chi connectivity index (χ3v) is 5.64. The van der Waals surface area contributed by atoms with E-state index in [9.17, 15) is 14.0 Å². The highest BCUT2D eigenvalue weighted by Crippen LogP contribution is 2.32. The molecule has 0 atom stereocenters. The monoisotopic (exact) mass is 476 g/mol. The van der Waals surface area contributed by atoms with Crippen molar-refractivity contribution in [3.8, 4) is 16.3 Å². The van der Waals surface area contributed by atoms with Crippen LogP contribution in [-0.2, 0) is 11.2 Å². The predicted octanol–water partition coefficient (Wildman–Crippen LogP) is 5.18. The van der Waals surface area contributed by atoms with Crippen molar-refractivity contribution in [3.63, 3.8) is 0 Å². The van der Waals surface area contributed by atoms with Crippen molar-refractivity contribution in [2.75, 3.05) is 17.2 Å². The van der Waals surface area contributed by atoms with Gasteiger partial charge in [0.25, 0.3) is 5.91 Å². The minimum atomic E-state index is -0.547. The molecule has 172 valence electrons. The van der Waals surface area contributed by atoms with Crippen LogP contribution in [0.25, 0.3) is 10.6 Å². The molecule has 0 spiro atoms. The van der Waals surface area contributed by atoms with Gasteiger partial charge in [0, 0.05) is 11.6 Å². The molecule has 2 aromatic heterocycles. The summed E-state index contributed by atoms with van der Waals surface area (Å²) in [6, 6.07) is 16.2. The molecule has 0 saturated heterocycles. The first kappa shape index (κ1) is 23.1. The maximum atomic E-state index is 13.9. The third kappa shape index (κ3) is 5.62. The highest BCUT2D eigenvalue weighted by molar-refractivity contribution is 7.13. The zero-order valence-electron chi connectivity index (χ0n) is 18.2. The lowest BCUT2D eigenvalue weighted by atomic mass is 10.2. The Morgan fingerprint density at radius 1 is 1.03 bits per heavy atom. The number of ether oxygens (including phenoxy) is 1. The number of pyridine rings is 1. The number of thiazole rings is 1. The van der Waals surface area contributed by atoms with Gasteiger partial charge in [0.05, 0.1) is 35.7 Å². The number of aromatic nitrogens is 2. The fraction of sp³-hybridized carbons (Fsp3) is 0.120. The number of nitrogens with zero attached hydrogens (tertiary/aromatic N) is 2. The molecule has 0 fully saturated rings. The highest BCUT2D eigenvalue weighted by atomic mass is 32.1. The molecule has 4 rings (SSSR count). The Morgan fingerprint density at radius 2 is 1.85 bits per heavy atom. The number of halogens is 1. The summed E-state index contributed by atoms with van der Waals surface area (Å²) in [6.45, 7) is 2.44. The van der Waals surface area contributed by atoms with Crippen LogP contribution in [0, 0.1) is 5.82 Å². The molecule has 0 aliphatic heterocycles. The number of carbonyl (C=O) groups excluding carboxylic acids is 2. The quantitative estimate of drug-likeness (QED) is 0.366. The molecule has 0 radical (unpaired) electrons. The fourth-order valence-electron chi connectivity index (χ4n) is 3.21. The van der Waals surface area contributed by atoms with Crippen LogP contribution in [0.5, 0.6) is 5.75 Å².